The van der Waals surface area contributed by atoms with Crippen molar-refractivity contribution in [2.75, 3.05) is 17.0 Å². The second kappa shape index (κ2) is 10.5. The zero-order chi connectivity index (χ0) is 28.1. The normalized spacial score (nSPS) is 26.4. The predicted molar refractivity (Wildman–Crippen MR) is 150 cm³/mol. The summed E-state index contributed by atoms with van der Waals surface area (Å²) in [4.78, 5) is 47.4. The van der Waals surface area contributed by atoms with Crippen LogP contribution in [-0.2, 0) is 19.2 Å². The third-order valence-electron chi connectivity index (χ3n) is 7.47. The zero-order valence-electron chi connectivity index (χ0n) is 21.7. The SMILES string of the molecule is C[C@@H]1C[C@H](C(=O)Oc2ccc([C@@H]3[C@H]4C(=O)N(c5ccc(Cl)c(Cl)c5)C(=O)[C@H]4ON3c3ccccc3)cc2)N(C)N1. The van der Waals surface area contributed by atoms with Crippen LogP contribution in [0.25, 0.3) is 0 Å². The van der Waals surface area contributed by atoms with E-state index in [2.05, 4.69) is 5.43 Å². The summed E-state index contributed by atoms with van der Waals surface area (Å²) in [7, 11) is 1.81. The van der Waals surface area contributed by atoms with Crippen LogP contribution in [0.1, 0.15) is 24.9 Å². The standard InChI is InChI=1S/C29H26Cl2N4O5/c1-16-14-23(33(2)32-16)29(38)39-20-11-8-17(9-12-20)25-24-26(40-35(25)18-6-4-3-5-7-18)28(37)34(27(24)36)19-10-13-21(30)22(31)15-19/h3-13,15-16,23-26,32H,14H2,1-2H3/t16-,23-,24-,25-,26+/m1/s1. The Bertz CT molecular complexity index is 1470. The minimum absolute atomic E-state index is 0.180. The number of nitrogens with zero attached hydrogens (tertiary/aromatic N) is 3. The fourth-order valence-corrected chi connectivity index (χ4v) is 5.88. The van der Waals surface area contributed by atoms with Crippen LogP contribution in [0.4, 0.5) is 11.4 Å². The Kier molecular flexibility index (Phi) is 7.02. The van der Waals surface area contributed by atoms with E-state index in [-0.39, 0.29) is 23.1 Å². The van der Waals surface area contributed by atoms with Crippen molar-refractivity contribution in [2.45, 2.75) is 37.6 Å². The van der Waals surface area contributed by atoms with E-state index in [0.29, 0.717) is 28.6 Å². The highest BCUT2D eigenvalue weighted by Crippen LogP contribution is 2.48. The summed E-state index contributed by atoms with van der Waals surface area (Å²) in [5.74, 6) is -1.68. The molecule has 3 aliphatic rings. The van der Waals surface area contributed by atoms with Gasteiger partial charge in [-0.25, -0.2) is 19.8 Å². The fraction of sp³-hybridized carbons (Fsp3) is 0.276. The molecule has 6 rings (SSSR count). The van der Waals surface area contributed by atoms with Gasteiger partial charge in [0.25, 0.3) is 5.91 Å². The second-order valence-electron chi connectivity index (χ2n) is 10.2. The molecule has 0 radical (unpaired) electrons. The quantitative estimate of drug-likeness (QED) is 0.267. The van der Waals surface area contributed by atoms with Gasteiger partial charge in [0.2, 0.25) is 5.91 Å². The number of amides is 2. The highest BCUT2D eigenvalue weighted by atomic mass is 35.5. The van der Waals surface area contributed by atoms with Crippen LogP contribution in [0.2, 0.25) is 10.0 Å². The average molecular weight is 581 g/mol. The zero-order valence-corrected chi connectivity index (χ0v) is 23.2. The lowest BCUT2D eigenvalue weighted by molar-refractivity contribution is -0.139. The number of halogens is 2. The third-order valence-corrected chi connectivity index (χ3v) is 8.21. The van der Waals surface area contributed by atoms with Gasteiger partial charge >= 0.3 is 5.97 Å². The number of para-hydroxylation sites is 1. The van der Waals surface area contributed by atoms with Gasteiger partial charge in [0, 0.05) is 13.1 Å². The van der Waals surface area contributed by atoms with E-state index in [9.17, 15) is 14.4 Å². The Morgan fingerprint density at radius 3 is 2.33 bits per heavy atom. The van der Waals surface area contributed by atoms with Crippen LogP contribution in [0, 0.1) is 5.92 Å². The summed E-state index contributed by atoms with van der Waals surface area (Å²) in [5, 5.41) is 3.93. The van der Waals surface area contributed by atoms with Crippen LogP contribution in [-0.4, -0.2) is 48.0 Å². The Morgan fingerprint density at radius 2 is 1.68 bits per heavy atom. The first-order valence-electron chi connectivity index (χ1n) is 12.9. The molecule has 0 unspecified atom stereocenters. The number of rotatable bonds is 5. The van der Waals surface area contributed by atoms with Crippen molar-refractivity contribution in [1.29, 1.82) is 0 Å². The van der Waals surface area contributed by atoms with Gasteiger partial charge in [-0.3, -0.25) is 19.9 Å². The van der Waals surface area contributed by atoms with Crippen LogP contribution in [0.15, 0.2) is 72.8 Å². The minimum atomic E-state index is -1.03. The van der Waals surface area contributed by atoms with Crippen molar-refractivity contribution < 1.29 is 24.0 Å². The van der Waals surface area contributed by atoms with Crippen molar-refractivity contribution in [3.8, 4) is 5.75 Å². The molecule has 40 heavy (non-hydrogen) atoms. The maximum absolute atomic E-state index is 13.8. The molecule has 0 bridgehead atoms. The molecular weight excluding hydrogens is 555 g/mol. The Labute approximate surface area is 241 Å². The van der Waals surface area contributed by atoms with E-state index in [0.717, 1.165) is 10.5 Å². The van der Waals surface area contributed by atoms with Gasteiger partial charge in [-0.05, 0) is 61.4 Å². The van der Waals surface area contributed by atoms with Crippen molar-refractivity contribution in [3.63, 3.8) is 0 Å². The van der Waals surface area contributed by atoms with Gasteiger partial charge in [-0.15, -0.1) is 0 Å². The number of anilines is 2. The molecule has 2 amide bonds. The van der Waals surface area contributed by atoms with Crippen molar-refractivity contribution in [2.24, 2.45) is 5.92 Å². The number of ether oxygens (including phenoxy) is 1. The van der Waals surface area contributed by atoms with Gasteiger partial charge in [0.1, 0.15) is 17.7 Å². The number of hydroxylamine groups is 1. The number of hydrazine groups is 1. The smallest absolute Gasteiger partial charge is 0.330 e. The van der Waals surface area contributed by atoms with Crippen molar-refractivity contribution in [1.82, 2.24) is 10.4 Å². The number of carbonyl (C=O) groups excluding carboxylic acids is 3. The fourth-order valence-electron chi connectivity index (χ4n) is 5.59. The highest BCUT2D eigenvalue weighted by molar-refractivity contribution is 6.42. The Hall–Kier alpha value is -3.47. The lowest BCUT2D eigenvalue weighted by Gasteiger charge is -2.29. The molecule has 1 N–H and O–H groups in total. The number of hydrogen-bond acceptors (Lipinski definition) is 8. The first-order chi connectivity index (χ1) is 19.2. The summed E-state index contributed by atoms with van der Waals surface area (Å²) in [6.07, 6.45) is -0.384. The van der Waals surface area contributed by atoms with Gasteiger partial charge in [-0.1, -0.05) is 53.5 Å². The summed E-state index contributed by atoms with van der Waals surface area (Å²) in [6, 6.07) is 20.0. The molecule has 0 spiro atoms. The molecular formula is C29H26Cl2N4O5. The number of likely N-dealkylation sites (N-methyl/N-ethyl adjacent to an activating group) is 1. The number of carbonyl (C=O) groups is 3. The molecule has 0 aliphatic carbocycles. The molecule has 0 aromatic heterocycles. The number of fused-ring (bicyclic) bond motifs is 1. The summed E-state index contributed by atoms with van der Waals surface area (Å²) >= 11 is 12.2. The van der Waals surface area contributed by atoms with E-state index in [4.69, 9.17) is 32.8 Å². The van der Waals surface area contributed by atoms with E-state index in [1.54, 1.807) is 46.5 Å². The number of esters is 1. The monoisotopic (exact) mass is 580 g/mol. The maximum atomic E-state index is 13.8. The molecule has 5 atom stereocenters. The predicted octanol–water partition coefficient (Wildman–Crippen LogP) is 4.55. The average Bonchev–Trinajstić information content (AvgIpc) is 3.58. The van der Waals surface area contributed by atoms with E-state index in [1.807, 2.05) is 44.3 Å². The first-order valence-corrected chi connectivity index (χ1v) is 13.6. The van der Waals surface area contributed by atoms with Gasteiger partial charge in [-0.2, -0.15) is 0 Å². The Morgan fingerprint density at radius 1 is 0.950 bits per heavy atom. The number of benzene rings is 3. The largest absolute Gasteiger partial charge is 0.425 e. The number of nitrogens with one attached hydrogen (secondary N) is 1. The molecule has 3 heterocycles. The van der Waals surface area contributed by atoms with Crippen LogP contribution in [0.5, 0.6) is 5.75 Å². The maximum Gasteiger partial charge on any atom is 0.330 e. The van der Waals surface area contributed by atoms with Gasteiger partial charge in [0.15, 0.2) is 6.10 Å². The minimum Gasteiger partial charge on any atom is -0.425 e. The van der Waals surface area contributed by atoms with E-state index >= 15 is 0 Å². The first kappa shape index (κ1) is 26.7. The van der Waals surface area contributed by atoms with E-state index in [1.165, 1.54) is 6.07 Å². The van der Waals surface area contributed by atoms with E-state index < -0.39 is 29.9 Å². The van der Waals surface area contributed by atoms with Gasteiger partial charge in [0.05, 0.1) is 27.5 Å². The molecule has 9 nitrogen and oxygen atoms in total. The molecule has 3 saturated heterocycles. The molecule has 206 valence electrons. The highest BCUT2D eigenvalue weighted by Gasteiger charge is 2.60. The van der Waals surface area contributed by atoms with Crippen molar-refractivity contribution >= 4 is 52.4 Å². The molecule has 3 aliphatic heterocycles. The lowest BCUT2D eigenvalue weighted by Crippen LogP contribution is -2.41. The molecule has 0 saturated carbocycles. The Balaban J connectivity index is 1.30. The summed E-state index contributed by atoms with van der Waals surface area (Å²) in [6.45, 7) is 2.01. The molecule has 3 fully saturated rings. The summed E-state index contributed by atoms with van der Waals surface area (Å²) < 4.78 is 5.65. The van der Waals surface area contributed by atoms with Crippen LogP contribution >= 0.6 is 23.2 Å². The number of imide groups is 1. The van der Waals surface area contributed by atoms with Gasteiger partial charge < -0.3 is 4.74 Å². The van der Waals surface area contributed by atoms with Crippen LogP contribution in [0.3, 0.4) is 0 Å². The molecule has 3 aromatic carbocycles. The third kappa shape index (κ3) is 4.63. The lowest BCUT2D eigenvalue weighted by atomic mass is 9.90. The summed E-state index contributed by atoms with van der Waals surface area (Å²) in [5.41, 5.74) is 4.94. The van der Waals surface area contributed by atoms with Crippen molar-refractivity contribution in [3.05, 3.63) is 88.4 Å². The number of hydrogen-bond donors (Lipinski definition) is 1. The second-order valence-corrected chi connectivity index (χ2v) is 11.0. The van der Waals surface area contributed by atoms with Crippen LogP contribution < -0.4 is 20.1 Å². The molecule has 3 aromatic rings. The molecule has 11 heteroatoms. The topological polar surface area (TPSA) is 91.4 Å².